The molecule has 32 heavy (non-hydrogen) atoms. The monoisotopic (exact) mass is 445 g/mol. The molecule has 0 spiro atoms. The molecule has 0 radical (unpaired) electrons. The van der Waals surface area contributed by atoms with E-state index in [1.165, 1.54) is 12.1 Å². The Morgan fingerprint density at radius 2 is 1.66 bits per heavy atom. The van der Waals surface area contributed by atoms with Crippen LogP contribution in [-0.2, 0) is 17.6 Å². The quantitative estimate of drug-likeness (QED) is 0.519. The fourth-order valence-corrected chi connectivity index (χ4v) is 3.26. The zero-order chi connectivity index (χ0) is 23.5. The Labute approximate surface area is 182 Å². The van der Waals surface area contributed by atoms with Crippen molar-refractivity contribution in [3.63, 3.8) is 0 Å². The van der Waals surface area contributed by atoms with Crippen LogP contribution in [0, 0.1) is 5.92 Å². The molecule has 8 heteroatoms. The minimum Gasteiger partial charge on any atom is -0.487 e. The van der Waals surface area contributed by atoms with Gasteiger partial charge in [0.1, 0.15) is 18.4 Å². The number of halogens is 3. The lowest BCUT2D eigenvalue weighted by atomic mass is 10.0. The summed E-state index contributed by atoms with van der Waals surface area (Å²) in [7, 11) is 0. The molecule has 0 saturated heterocycles. The minimum absolute atomic E-state index is 0.0705. The van der Waals surface area contributed by atoms with E-state index < -0.39 is 29.7 Å². The van der Waals surface area contributed by atoms with Gasteiger partial charge in [0.15, 0.2) is 0 Å². The molecule has 0 aromatic heterocycles. The highest BCUT2D eigenvalue weighted by Gasteiger charge is 2.30. The van der Waals surface area contributed by atoms with Crippen molar-refractivity contribution in [2.24, 2.45) is 5.92 Å². The number of ether oxygens (including phenoxy) is 1. The fourth-order valence-electron chi connectivity index (χ4n) is 3.26. The van der Waals surface area contributed by atoms with Gasteiger partial charge in [-0.15, -0.1) is 0 Å². The first-order valence-corrected chi connectivity index (χ1v) is 9.92. The molecule has 3 rings (SSSR count). The Morgan fingerprint density at radius 1 is 1.00 bits per heavy atom. The second-order valence-electron chi connectivity index (χ2n) is 7.68. The molecule has 2 N–H and O–H groups in total. The van der Waals surface area contributed by atoms with Gasteiger partial charge in [-0.3, -0.25) is 4.79 Å². The average molecular weight is 445 g/mol. The van der Waals surface area contributed by atoms with E-state index in [2.05, 4.69) is 5.32 Å². The predicted octanol–water partition coefficient (Wildman–Crippen LogP) is 5.28. The molecule has 0 aliphatic carbocycles. The molecule has 0 saturated carbocycles. The van der Waals surface area contributed by atoms with E-state index in [4.69, 9.17) is 4.74 Å². The molecule has 0 aliphatic heterocycles. The van der Waals surface area contributed by atoms with Crippen LogP contribution in [0.4, 0.5) is 13.2 Å². The molecule has 0 fully saturated rings. The number of aliphatic carboxylic acids is 1. The third kappa shape index (κ3) is 5.19. The normalized spacial score (nSPS) is 12.6. The summed E-state index contributed by atoms with van der Waals surface area (Å²) in [5, 5.41) is 13.3. The van der Waals surface area contributed by atoms with E-state index in [1.807, 2.05) is 12.1 Å². The van der Waals surface area contributed by atoms with Gasteiger partial charge >= 0.3 is 12.1 Å². The minimum atomic E-state index is -4.43. The molecule has 1 atom stereocenters. The van der Waals surface area contributed by atoms with Gasteiger partial charge < -0.3 is 15.2 Å². The lowest BCUT2D eigenvalue weighted by Gasteiger charge is -2.20. The van der Waals surface area contributed by atoms with Gasteiger partial charge in [-0.05, 0) is 35.1 Å². The van der Waals surface area contributed by atoms with Crippen LogP contribution in [-0.4, -0.2) is 23.0 Å². The zero-order valence-electron chi connectivity index (χ0n) is 17.4. The topological polar surface area (TPSA) is 75.6 Å². The van der Waals surface area contributed by atoms with Crippen molar-refractivity contribution in [2.45, 2.75) is 32.7 Å². The van der Waals surface area contributed by atoms with Crippen molar-refractivity contribution < 1.29 is 32.6 Å². The summed E-state index contributed by atoms with van der Waals surface area (Å²) in [6.07, 6.45) is -4.43. The summed E-state index contributed by atoms with van der Waals surface area (Å²) in [4.78, 5) is 24.4. The summed E-state index contributed by atoms with van der Waals surface area (Å²) in [6.45, 7) is 3.29. The van der Waals surface area contributed by atoms with Gasteiger partial charge in [-0.1, -0.05) is 56.3 Å². The number of benzene rings is 3. The fraction of sp³-hybridized carbons (Fsp3) is 0.250. The first-order chi connectivity index (χ1) is 15.1. The molecule has 5 nitrogen and oxygen atoms in total. The number of amides is 1. The third-order valence-corrected chi connectivity index (χ3v) is 5.01. The van der Waals surface area contributed by atoms with Gasteiger partial charge in [-0.25, -0.2) is 4.79 Å². The SMILES string of the molecule is CC(C)[C@H](NC(=O)c1ccc2ccccc2c1OCc1ccc(C(F)(F)F)cc1)C(=O)O. The zero-order valence-corrected chi connectivity index (χ0v) is 17.4. The second kappa shape index (κ2) is 9.30. The smallest absolute Gasteiger partial charge is 0.416 e. The van der Waals surface area contributed by atoms with Crippen LogP contribution in [0.5, 0.6) is 5.75 Å². The Balaban J connectivity index is 1.92. The van der Waals surface area contributed by atoms with Crippen LogP contribution in [0.1, 0.15) is 35.3 Å². The highest BCUT2D eigenvalue weighted by Crippen LogP contribution is 2.32. The molecule has 1 amide bonds. The van der Waals surface area contributed by atoms with Crippen LogP contribution < -0.4 is 10.1 Å². The average Bonchev–Trinajstić information content (AvgIpc) is 2.74. The molecule has 0 heterocycles. The number of alkyl halides is 3. The van der Waals surface area contributed by atoms with Gasteiger partial charge in [0.2, 0.25) is 0 Å². The Kier molecular flexibility index (Phi) is 6.72. The highest BCUT2D eigenvalue weighted by molar-refractivity contribution is 6.04. The lowest BCUT2D eigenvalue weighted by Crippen LogP contribution is -2.44. The predicted molar refractivity (Wildman–Crippen MR) is 113 cm³/mol. The van der Waals surface area contributed by atoms with Crippen molar-refractivity contribution in [3.8, 4) is 5.75 Å². The van der Waals surface area contributed by atoms with Crippen LogP contribution >= 0.6 is 0 Å². The lowest BCUT2D eigenvalue weighted by molar-refractivity contribution is -0.140. The second-order valence-corrected chi connectivity index (χ2v) is 7.68. The van der Waals surface area contributed by atoms with E-state index in [-0.39, 0.29) is 23.8 Å². The van der Waals surface area contributed by atoms with Crippen molar-refractivity contribution in [1.29, 1.82) is 0 Å². The Morgan fingerprint density at radius 3 is 2.25 bits per heavy atom. The number of hydrogen-bond donors (Lipinski definition) is 2. The molecule has 0 aliphatic rings. The highest BCUT2D eigenvalue weighted by atomic mass is 19.4. The largest absolute Gasteiger partial charge is 0.487 e. The Bertz CT molecular complexity index is 1120. The number of carboxylic acid groups (broad SMARTS) is 1. The molecule has 168 valence electrons. The molecule has 0 unspecified atom stereocenters. The van der Waals surface area contributed by atoms with Crippen LogP contribution in [0.25, 0.3) is 10.8 Å². The van der Waals surface area contributed by atoms with Gasteiger partial charge in [-0.2, -0.15) is 13.2 Å². The maximum atomic E-state index is 12.9. The summed E-state index contributed by atoms with van der Waals surface area (Å²) < 4.78 is 44.3. The summed E-state index contributed by atoms with van der Waals surface area (Å²) in [6, 6.07) is 13.9. The summed E-state index contributed by atoms with van der Waals surface area (Å²) in [5.41, 5.74) is -0.134. The van der Waals surface area contributed by atoms with Gasteiger partial charge in [0, 0.05) is 5.39 Å². The number of rotatable bonds is 7. The van der Waals surface area contributed by atoms with Gasteiger partial charge in [0.25, 0.3) is 5.91 Å². The summed E-state index contributed by atoms with van der Waals surface area (Å²) in [5.74, 6) is -1.87. The Hall–Kier alpha value is -3.55. The number of hydrogen-bond acceptors (Lipinski definition) is 3. The van der Waals surface area contributed by atoms with E-state index in [9.17, 15) is 27.9 Å². The number of carboxylic acids is 1. The maximum Gasteiger partial charge on any atom is 0.416 e. The van der Waals surface area contributed by atoms with E-state index >= 15 is 0 Å². The standard InChI is InChI=1S/C24H22F3NO4/c1-14(2)20(23(30)31)28-22(29)19-12-9-16-5-3-4-6-18(16)21(19)32-13-15-7-10-17(11-8-15)24(25,26)27/h3-12,14,20H,13H2,1-2H3,(H,28,29)(H,30,31)/t20-/m0/s1. The number of fused-ring (bicyclic) bond motifs is 1. The molecule has 0 bridgehead atoms. The molecule has 3 aromatic rings. The van der Waals surface area contributed by atoms with Crippen molar-refractivity contribution in [1.82, 2.24) is 5.32 Å². The van der Waals surface area contributed by atoms with Crippen molar-refractivity contribution in [2.75, 3.05) is 0 Å². The summed E-state index contributed by atoms with van der Waals surface area (Å²) >= 11 is 0. The van der Waals surface area contributed by atoms with Crippen LogP contribution in [0.3, 0.4) is 0 Å². The van der Waals surface area contributed by atoms with Crippen molar-refractivity contribution in [3.05, 3.63) is 77.4 Å². The first-order valence-electron chi connectivity index (χ1n) is 9.92. The molecule has 3 aromatic carbocycles. The van der Waals surface area contributed by atoms with Gasteiger partial charge in [0.05, 0.1) is 11.1 Å². The first kappa shape index (κ1) is 23.1. The maximum absolute atomic E-state index is 12.9. The molecular weight excluding hydrogens is 423 g/mol. The van der Waals surface area contributed by atoms with E-state index in [0.717, 1.165) is 17.5 Å². The number of nitrogens with one attached hydrogen (secondary N) is 1. The van der Waals surface area contributed by atoms with Crippen LogP contribution in [0.2, 0.25) is 0 Å². The third-order valence-electron chi connectivity index (χ3n) is 5.01. The van der Waals surface area contributed by atoms with E-state index in [0.29, 0.717) is 10.9 Å². The molecular formula is C24H22F3NO4. The van der Waals surface area contributed by atoms with Crippen LogP contribution in [0.15, 0.2) is 60.7 Å². The number of carbonyl (C=O) groups is 2. The number of carbonyl (C=O) groups excluding carboxylic acids is 1. The van der Waals surface area contributed by atoms with E-state index in [1.54, 1.807) is 38.1 Å². The van der Waals surface area contributed by atoms with Crippen molar-refractivity contribution >= 4 is 22.6 Å².